The van der Waals surface area contributed by atoms with Crippen molar-refractivity contribution in [1.29, 1.82) is 0 Å². The third-order valence-corrected chi connectivity index (χ3v) is 4.72. The van der Waals surface area contributed by atoms with E-state index in [1.54, 1.807) is 20.8 Å². The molecule has 0 radical (unpaired) electrons. The van der Waals surface area contributed by atoms with Crippen LogP contribution in [0.25, 0.3) is 5.57 Å². The lowest BCUT2D eigenvalue weighted by Gasteiger charge is -2.20. The fourth-order valence-corrected chi connectivity index (χ4v) is 3.42. The fraction of sp³-hybridized carbons (Fsp3) is 0.435. The first-order valence-electron chi connectivity index (χ1n) is 9.86. The molecule has 1 unspecified atom stereocenters. The normalized spacial score (nSPS) is 17.9. The number of allylic oxidation sites excluding steroid dienone is 2. The molecule has 0 aromatic heterocycles. The van der Waals surface area contributed by atoms with Crippen LogP contribution in [0.2, 0.25) is 0 Å². The second kappa shape index (κ2) is 9.61. The number of nitrogens with one attached hydrogen (secondary N) is 1. The Morgan fingerprint density at radius 1 is 1.27 bits per heavy atom. The largest absolute Gasteiger partial charge is 0.480 e. The second-order valence-corrected chi connectivity index (χ2v) is 8.12. The molecule has 0 saturated carbocycles. The third kappa shape index (κ3) is 5.95. The molecule has 0 aliphatic heterocycles. The molecule has 162 valence electrons. The Balaban J connectivity index is 1.94. The Hall–Kier alpha value is -3.09. The van der Waals surface area contributed by atoms with E-state index in [2.05, 4.69) is 11.9 Å². The second-order valence-electron chi connectivity index (χ2n) is 8.12. The average Bonchev–Trinajstić information content (AvgIpc) is 2.93. The molecule has 2 N–H and O–H groups in total. The number of carbonyl (C=O) groups excluding carboxylic acids is 2. The standard InChI is InChI=1S/C23H29NO6/c1-6-15-14(2)16-9-7-8-10-17(16)18(15)13-29-22(28)24-19(21(26)27)11-12-20(25)30-23(3,4)5/h6-10,18-19H,2,11-13H2,1,3-5H3,(H,24,28)(H,26,27)/b15-6+/t18?,19-/m0/s1. The maximum absolute atomic E-state index is 12.2. The molecule has 1 amide bonds. The maximum atomic E-state index is 12.2. The van der Waals surface area contributed by atoms with E-state index in [9.17, 15) is 19.5 Å². The van der Waals surface area contributed by atoms with Crippen LogP contribution >= 0.6 is 0 Å². The van der Waals surface area contributed by atoms with Gasteiger partial charge in [-0.15, -0.1) is 0 Å². The summed E-state index contributed by atoms with van der Waals surface area (Å²) >= 11 is 0. The molecule has 0 spiro atoms. The minimum Gasteiger partial charge on any atom is -0.480 e. The van der Waals surface area contributed by atoms with Crippen molar-refractivity contribution in [3.05, 3.63) is 53.6 Å². The number of esters is 1. The highest BCUT2D eigenvalue weighted by Gasteiger charge is 2.31. The lowest BCUT2D eigenvalue weighted by atomic mass is 9.98. The third-order valence-electron chi connectivity index (χ3n) is 4.72. The molecule has 1 aromatic rings. The molecule has 0 saturated heterocycles. The zero-order valence-corrected chi connectivity index (χ0v) is 17.9. The van der Waals surface area contributed by atoms with Crippen LogP contribution in [0, 0.1) is 0 Å². The molecule has 7 nitrogen and oxygen atoms in total. The number of carbonyl (C=O) groups is 3. The number of carboxylic acid groups (broad SMARTS) is 1. The van der Waals surface area contributed by atoms with Gasteiger partial charge in [-0.3, -0.25) is 4.79 Å². The van der Waals surface area contributed by atoms with Gasteiger partial charge in [-0.2, -0.15) is 0 Å². The molecule has 2 atom stereocenters. The van der Waals surface area contributed by atoms with Crippen molar-refractivity contribution in [1.82, 2.24) is 5.32 Å². The number of hydrogen-bond donors (Lipinski definition) is 2. The van der Waals surface area contributed by atoms with Crippen LogP contribution in [0.15, 0.2) is 42.5 Å². The van der Waals surface area contributed by atoms with Gasteiger partial charge in [0.05, 0.1) is 0 Å². The average molecular weight is 415 g/mol. The number of rotatable bonds is 7. The van der Waals surface area contributed by atoms with Crippen LogP contribution in [0.4, 0.5) is 4.79 Å². The Kier molecular flexibility index (Phi) is 7.43. The lowest BCUT2D eigenvalue weighted by Crippen LogP contribution is -2.42. The first-order valence-corrected chi connectivity index (χ1v) is 9.86. The Labute approximate surface area is 176 Å². The van der Waals surface area contributed by atoms with Gasteiger partial charge in [-0.25, -0.2) is 9.59 Å². The number of alkyl carbamates (subject to hydrolysis) is 1. The SMILES string of the molecule is C=C1/C(=C\C)C(COC(=O)N[C@@H](CCC(=O)OC(C)(C)C)C(=O)O)c2ccccc21. The van der Waals surface area contributed by atoms with E-state index in [-0.39, 0.29) is 25.4 Å². The van der Waals surface area contributed by atoms with Gasteiger partial charge in [0.1, 0.15) is 18.2 Å². The molecular weight excluding hydrogens is 386 g/mol. The Bertz CT molecular complexity index is 865. The van der Waals surface area contributed by atoms with Crippen molar-refractivity contribution in [3.63, 3.8) is 0 Å². The van der Waals surface area contributed by atoms with Crippen LogP contribution in [0.3, 0.4) is 0 Å². The summed E-state index contributed by atoms with van der Waals surface area (Å²) in [4.78, 5) is 35.5. The molecule has 1 aromatic carbocycles. The molecule has 0 bridgehead atoms. The first-order chi connectivity index (χ1) is 14.0. The van der Waals surface area contributed by atoms with Gasteiger partial charge >= 0.3 is 18.0 Å². The van der Waals surface area contributed by atoms with Crippen LogP contribution in [0.5, 0.6) is 0 Å². The summed E-state index contributed by atoms with van der Waals surface area (Å²) in [5.41, 5.74) is 3.24. The predicted octanol–water partition coefficient (Wildman–Crippen LogP) is 4.04. The summed E-state index contributed by atoms with van der Waals surface area (Å²) in [6.07, 6.45) is 0.863. The molecule has 1 aliphatic carbocycles. The van der Waals surface area contributed by atoms with E-state index in [0.29, 0.717) is 0 Å². The zero-order chi connectivity index (χ0) is 22.5. The molecule has 30 heavy (non-hydrogen) atoms. The van der Waals surface area contributed by atoms with E-state index in [4.69, 9.17) is 9.47 Å². The number of fused-ring (bicyclic) bond motifs is 1. The maximum Gasteiger partial charge on any atom is 0.407 e. The molecular formula is C23H29NO6. The highest BCUT2D eigenvalue weighted by atomic mass is 16.6. The van der Waals surface area contributed by atoms with E-state index >= 15 is 0 Å². The summed E-state index contributed by atoms with van der Waals surface area (Å²) in [6, 6.07) is 6.52. The molecule has 0 fully saturated rings. The van der Waals surface area contributed by atoms with E-state index in [1.807, 2.05) is 37.3 Å². The fourth-order valence-electron chi connectivity index (χ4n) is 3.42. The summed E-state index contributed by atoms with van der Waals surface area (Å²) in [5.74, 6) is -1.93. The number of aliphatic carboxylic acids is 1. The number of ether oxygens (including phenoxy) is 2. The van der Waals surface area contributed by atoms with E-state index in [0.717, 1.165) is 22.3 Å². The highest BCUT2D eigenvalue weighted by Crippen LogP contribution is 2.44. The first kappa shape index (κ1) is 23.2. The topological polar surface area (TPSA) is 102 Å². The van der Waals surface area contributed by atoms with Gasteiger partial charge in [-0.1, -0.05) is 36.9 Å². The van der Waals surface area contributed by atoms with Crippen molar-refractivity contribution in [2.45, 2.75) is 58.1 Å². The van der Waals surface area contributed by atoms with Crippen LogP contribution in [-0.2, 0) is 19.1 Å². The van der Waals surface area contributed by atoms with Crippen LogP contribution in [-0.4, -0.2) is 41.4 Å². The minimum atomic E-state index is -1.25. The Morgan fingerprint density at radius 2 is 1.93 bits per heavy atom. The predicted molar refractivity (Wildman–Crippen MR) is 113 cm³/mol. The smallest absolute Gasteiger partial charge is 0.407 e. The number of carboxylic acids is 1. The number of benzene rings is 1. The zero-order valence-electron chi connectivity index (χ0n) is 17.9. The van der Waals surface area contributed by atoms with Crippen molar-refractivity contribution in [3.8, 4) is 0 Å². The van der Waals surface area contributed by atoms with Gasteiger partial charge < -0.3 is 19.9 Å². The summed E-state index contributed by atoms with van der Waals surface area (Å²) in [7, 11) is 0. The summed E-state index contributed by atoms with van der Waals surface area (Å²) in [6.45, 7) is 11.3. The minimum absolute atomic E-state index is 0.0555. The molecule has 0 heterocycles. The summed E-state index contributed by atoms with van der Waals surface area (Å²) in [5, 5.41) is 11.7. The van der Waals surface area contributed by atoms with Crippen molar-refractivity contribution >= 4 is 23.6 Å². The van der Waals surface area contributed by atoms with Gasteiger partial charge in [0.2, 0.25) is 0 Å². The number of hydrogen-bond acceptors (Lipinski definition) is 5. The van der Waals surface area contributed by atoms with Gasteiger partial charge in [-0.05, 0) is 56.4 Å². The van der Waals surface area contributed by atoms with Gasteiger partial charge in [0.25, 0.3) is 0 Å². The lowest BCUT2D eigenvalue weighted by molar-refractivity contribution is -0.155. The molecule has 2 rings (SSSR count). The van der Waals surface area contributed by atoms with Crippen LogP contribution < -0.4 is 5.32 Å². The Morgan fingerprint density at radius 3 is 2.53 bits per heavy atom. The quantitative estimate of drug-likeness (QED) is 0.652. The van der Waals surface area contributed by atoms with Crippen molar-refractivity contribution < 1.29 is 29.0 Å². The highest BCUT2D eigenvalue weighted by molar-refractivity contribution is 5.87. The molecule has 1 aliphatic rings. The van der Waals surface area contributed by atoms with E-state index in [1.165, 1.54) is 0 Å². The van der Waals surface area contributed by atoms with Crippen molar-refractivity contribution in [2.75, 3.05) is 6.61 Å². The molecule has 7 heteroatoms. The van der Waals surface area contributed by atoms with Gasteiger partial charge in [0, 0.05) is 12.3 Å². The van der Waals surface area contributed by atoms with Crippen LogP contribution in [0.1, 0.15) is 57.6 Å². The summed E-state index contributed by atoms with van der Waals surface area (Å²) < 4.78 is 10.5. The van der Waals surface area contributed by atoms with Gasteiger partial charge in [0.15, 0.2) is 0 Å². The number of amides is 1. The van der Waals surface area contributed by atoms with Crippen molar-refractivity contribution in [2.24, 2.45) is 0 Å². The van der Waals surface area contributed by atoms with E-state index < -0.39 is 29.7 Å². The monoisotopic (exact) mass is 415 g/mol.